The Balaban J connectivity index is 2.05. The number of fused-ring (bicyclic) bond motifs is 2. The van der Waals surface area contributed by atoms with Crippen LogP contribution in [0.2, 0.25) is 0 Å². The highest BCUT2D eigenvalue weighted by Gasteiger charge is 2.46. The molecule has 0 spiro atoms. The minimum Gasteiger partial charge on any atom is -0.325 e. The molecule has 1 aliphatic carbocycles. The first-order valence-corrected chi connectivity index (χ1v) is 3.69. The molecule has 3 rings (SSSR count). The minimum atomic E-state index is 0.261. The Morgan fingerprint density at radius 3 is 2.56 bits per heavy atom. The van der Waals surface area contributed by atoms with Crippen LogP contribution in [0.3, 0.4) is 0 Å². The largest absolute Gasteiger partial charge is 0.325 e. The lowest BCUT2D eigenvalue weighted by molar-refractivity contribution is 0.0110. The number of nitrogens with two attached hydrogens (primary N) is 1. The lowest BCUT2D eigenvalue weighted by Gasteiger charge is -2.54. The molecular weight excluding hydrogens is 112 g/mol. The fourth-order valence-electron chi connectivity index (χ4n) is 1.98. The van der Waals surface area contributed by atoms with E-state index in [0.29, 0.717) is 0 Å². The Bertz CT molecular complexity index is 121. The average molecular weight is 126 g/mol. The maximum atomic E-state index is 5.98. The Kier molecular flexibility index (Phi) is 0.945. The summed E-state index contributed by atoms with van der Waals surface area (Å²) in [6.07, 6.45) is 3.69. The fourth-order valence-corrected chi connectivity index (χ4v) is 1.98. The van der Waals surface area contributed by atoms with Crippen LogP contribution in [0.15, 0.2) is 0 Å². The zero-order valence-corrected chi connectivity index (χ0v) is 5.93. The Labute approximate surface area is 56.0 Å². The van der Waals surface area contributed by atoms with Gasteiger partial charge in [-0.1, -0.05) is 0 Å². The van der Waals surface area contributed by atoms with Crippen molar-refractivity contribution in [2.45, 2.75) is 30.8 Å². The van der Waals surface area contributed by atoms with Crippen molar-refractivity contribution >= 4 is 0 Å². The molecule has 0 aromatic rings. The topological polar surface area (TPSA) is 29.3 Å². The van der Waals surface area contributed by atoms with E-state index in [-0.39, 0.29) is 5.54 Å². The van der Waals surface area contributed by atoms with Gasteiger partial charge in [0.25, 0.3) is 0 Å². The second-order valence-corrected chi connectivity index (χ2v) is 3.66. The van der Waals surface area contributed by atoms with E-state index in [0.717, 1.165) is 6.04 Å². The van der Waals surface area contributed by atoms with Crippen LogP contribution in [-0.4, -0.2) is 30.1 Å². The molecule has 1 saturated carbocycles. The first kappa shape index (κ1) is 5.69. The summed E-state index contributed by atoms with van der Waals surface area (Å²) in [5.74, 6) is 0. The fraction of sp³-hybridized carbons (Fsp3) is 1.00. The van der Waals surface area contributed by atoms with Gasteiger partial charge in [-0.25, -0.2) is 0 Å². The van der Waals surface area contributed by atoms with Crippen LogP contribution < -0.4 is 5.73 Å². The third kappa shape index (κ3) is 0.700. The molecule has 2 heterocycles. The van der Waals surface area contributed by atoms with E-state index >= 15 is 0 Å². The molecule has 2 saturated heterocycles. The lowest BCUT2D eigenvalue weighted by Crippen LogP contribution is -2.65. The molecule has 52 valence electrons. The molecule has 2 N–H and O–H groups in total. The van der Waals surface area contributed by atoms with Gasteiger partial charge in [0.2, 0.25) is 0 Å². The zero-order valence-electron chi connectivity index (χ0n) is 5.93. The van der Waals surface area contributed by atoms with Gasteiger partial charge >= 0.3 is 0 Å². The molecule has 2 heteroatoms. The van der Waals surface area contributed by atoms with Gasteiger partial charge in [0.05, 0.1) is 0 Å². The van der Waals surface area contributed by atoms with E-state index in [1.807, 2.05) is 0 Å². The summed E-state index contributed by atoms with van der Waals surface area (Å²) in [6, 6.07) is 0.823. The van der Waals surface area contributed by atoms with Crippen LogP contribution >= 0.6 is 0 Å². The number of hydrogen-bond donors (Lipinski definition) is 1. The van der Waals surface area contributed by atoms with Crippen LogP contribution in [0.4, 0.5) is 0 Å². The smallest absolute Gasteiger partial charge is 0.0196 e. The second kappa shape index (κ2) is 1.50. The van der Waals surface area contributed by atoms with Crippen molar-refractivity contribution in [2.75, 3.05) is 13.6 Å². The number of rotatable bonds is 0. The van der Waals surface area contributed by atoms with Crippen LogP contribution in [0.5, 0.6) is 0 Å². The molecule has 0 unspecified atom stereocenters. The Morgan fingerprint density at radius 1 is 1.56 bits per heavy atom. The van der Waals surface area contributed by atoms with Gasteiger partial charge < -0.3 is 10.6 Å². The number of piperidine rings is 2. The average Bonchev–Trinajstić information content (AvgIpc) is 1.73. The van der Waals surface area contributed by atoms with Gasteiger partial charge in [-0.3, -0.25) is 0 Å². The van der Waals surface area contributed by atoms with Gasteiger partial charge in [0, 0.05) is 11.6 Å². The van der Waals surface area contributed by atoms with Gasteiger partial charge in [-0.2, -0.15) is 0 Å². The summed E-state index contributed by atoms with van der Waals surface area (Å²) in [5, 5.41) is 0. The molecular formula is C7H14N2. The van der Waals surface area contributed by atoms with E-state index in [1.54, 1.807) is 0 Å². The predicted molar refractivity (Wildman–Crippen MR) is 37.2 cm³/mol. The molecule has 3 aliphatic rings. The van der Waals surface area contributed by atoms with Gasteiger partial charge in [-0.05, 0) is 32.9 Å². The quantitative estimate of drug-likeness (QED) is 0.502. The highest BCUT2D eigenvalue weighted by Crippen LogP contribution is 2.40. The SMILES string of the molecule is CN1CCC2(N)CC1C2. The molecule has 3 fully saturated rings. The summed E-state index contributed by atoms with van der Waals surface area (Å²) in [7, 11) is 2.20. The van der Waals surface area contributed by atoms with Crippen LogP contribution in [0, 0.1) is 0 Å². The maximum absolute atomic E-state index is 5.98. The van der Waals surface area contributed by atoms with Gasteiger partial charge in [0.15, 0.2) is 0 Å². The third-order valence-electron chi connectivity index (χ3n) is 2.87. The van der Waals surface area contributed by atoms with Crippen molar-refractivity contribution in [1.29, 1.82) is 0 Å². The lowest BCUT2D eigenvalue weighted by atomic mass is 9.67. The van der Waals surface area contributed by atoms with Crippen molar-refractivity contribution in [2.24, 2.45) is 5.73 Å². The van der Waals surface area contributed by atoms with Crippen LogP contribution in [0.25, 0.3) is 0 Å². The molecule has 0 aromatic heterocycles. The van der Waals surface area contributed by atoms with E-state index in [9.17, 15) is 0 Å². The predicted octanol–water partition coefficient (Wildman–Crippen LogP) is 0.182. The second-order valence-electron chi connectivity index (χ2n) is 3.66. The minimum absolute atomic E-state index is 0.261. The number of nitrogens with zero attached hydrogens (tertiary/aromatic N) is 1. The van der Waals surface area contributed by atoms with Gasteiger partial charge in [0.1, 0.15) is 0 Å². The zero-order chi connectivity index (χ0) is 6.48. The van der Waals surface area contributed by atoms with Crippen LogP contribution in [-0.2, 0) is 0 Å². The van der Waals surface area contributed by atoms with E-state index in [1.165, 1.54) is 25.8 Å². The van der Waals surface area contributed by atoms with Crippen molar-refractivity contribution in [1.82, 2.24) is 4.90 Å². The summed E-state index contributed by atoms with van der Waals surface area (Å²) in [6.45, 7) is 1.21. The summed E-state index contributed by atoms with van der Waals surface area (Å²) < 4.78 is 0. The maximum Gasteiger partial charge on any atom is 0.0196 e. The van der Waals surface area contributed by atoms with Crippen molar-refractivity contribution < 1.29 is 0 Å². The van der Waals surface area contributed by atoms with E-state index in [4.69, 9.17) is 5.73 Å². The Morgan fingerprint density at radius 2 is 2.22 bits per heavy atom. The van der Waals surface area contributed by atoms with E-state index in [2.05, 4.69) is 11.9 Å². The molecule has 2 nitrogen and oxygen atoms in total. The molecule has 0 aromatic carbocycles. The monoisotopic (exact) mass is 126 g/mol. The Hall–Kier alpha value is -0.0800. The molecule has 2 bridgehead atoms. The van der Waals surface area contributed by atoms with Crippen molar-refractivity contribution in [3.05, 3.63) is 0 Å². The first-order chi connectivity index (χ1) is 4.20. The standard InChI is InChI=1S/C7H14N2/c1-9-3-2-7(8)4-6(9)5-7/h6H,2-5,8H2,1H3. The summed E-state index contributed by atoms with van der Waals surface area (Å²) in [5.41, 5.74) is 6.24. The first-order valence-electron chi connectivity index (χ1n) is 3.69. The number of hydrogen-bond acceptors (Lipinski definition) is 2. The molecule has 0 radical (unpaired) electrons. The summed E-state index contributed by atoms with van der Waals surface area (Å²) >= 11 is 0. The summed E-state index contributed by atoms with van der Waals surface area (Å²) in [4.78, 5) is 2.43. The molecule has 0 atom stereocenters. The third-order valence-corrected chi connectivity index (χ3v) is 2.87. The highest BCUT2D eigenvalue weighted by atomic mass is 15.2. The normalized spacial score (nSPS) is 50.7. The molecule has 2 aliphatic heterocycles. The van der Waals surface area contributed by atoms with Gasteiger partial charge in [-0.15, -0.1) is 0 Å². The van der Waals surface area contributed by atoms with Crippen LogP contribution in [0.1, 0.15) is 19.3 Å². The van der Waals surface area contributed by atoms with Crippen molar-refractivity contribution in [3.8, 4) is 0 Å². The molecule has 0 amide bonds. The highest BCUT2D eigenvalue weighted by molar-refractivity contribution is 5.06. The van der Waals surface area contributed by atoms with Crippen molar-refractivity contribution in [3.63, 3.8) is 0 Å². The van der Waals surface area contributed by atoms with E-state index < -0.39 is 0 Å². The molecule has 9 heavy (non-hydrogen) atoms.